The molecule has 0 unspecified atom stereocenters. The number of aromatic nitrogens is 1. The van der Waals surface area contributed by atoms with Crippen LogP contribution in [0.25, 0.3) is 10.9 Å². The van der Waals surface area contributed by atoms with Crippen molar-refractivity contribution in [1.82, 2.24) is 4.98 Å². The van der Waals surface area contributed by atoms with Crippen LogP contribution in [-0.2, 0) is 11.0 Å². The van der Waals surface area contributed by atoms with Gasteiger partial charge in [0.2, 0.25) is 0 Å². The van der Waals surface area contributed by atoms with Crippen molar-refractivity contribution in [3.05, 3.63) is 34.9 Å². The highest BCUT2D eigenvalue weighted by molar-refractivity contribution is 5.85. The molecule has 4 nitrogen and oxygen atoms in total. The number of nitrogens with zero attached hydrogens (tertiary/aromatic N) is 1. The fourth-order valence-corrected chi connectivity index (χ4v) is 1.56. The van der Waals surface area contributed by atoms with E-state index in [4.69, 9.17) is 0 Å². The van der Waals surface area contributed by atoms with Crippen molar-refractivity contribution in [1.29, 1.82) is 0 Å². The Morgan fingerprint density at radius 3 is 2.65 bits per heavy atom. The molecule has 1 N–H and O–H groups in total. The minimum absolute atomic E-state index is 0.00472. The number of fused-ring (bicyclic) bond motifs is 1. The van der Waals surface area contributed by atoms with Gasteiger partial charge in [0, 0.05) is 29.2 Å². The topological polar surface area (TPSA) is 45.1 Å². The summed E-state index contributed by atoms with van der Waals surface area (Å²) in [4.78, 5) is 18.2. The first-order valence-corrected chi connectivity index (χ1v) is 4.63. The Morgan fingerprint density at radius 1 is 1.35 bits per heavy atom. The molecule has 0 atom stereocenters. The molecular formula is C10H8F3N2O2+. The standard InChI is InChI=1S/C10H8F3N2O2/c1-17-15(16)6-2-3-9-7(4-6)8(5-14-9)10(11,12)13/h2-5,14H,1H3/q+1. The number of H-pyrrole nitrogens is 1. The average Bonchev–Trinajstić information content (AvgIpc) is 2.70. The van der Waals surface area contributed by atoms with Gasteiger partial charge in [0.05, 0.1) is 10.5 Å². The van der Waals surface area contributed by atoms with Gasteiger partial charge in [-0.15, -0.1) is 0 Å². The van der Waals surface area contributed by atoms with Crippen molar-refractivity contribution in [3.63, 3.8) is 0 Å². The Bertz CT molecular complexity index is 574. The lowest BCUT2D eigenvalue weighted by atomic mass is 10.1. The Balaban J connectivity index is 2.62. The summed E-state index contributed by atoms with van der Waals surface area (Å²) in [6.45, 7) is 0. The maximum Gasteiger partial charge on any atom is 0.418 e. The molecule has 1 heterocycles. The number of benzene rings is 1. The van der Waals surface area contributed by atoms with Crippen LogP contribution in [0.2, 0.25) is 0 Å². The van der Waals surface area contributed by atoms with Crippen LogP contribution < -0.4 is 0 Å². The lowest BCUT2D eigenvalue weighted by Crippen LogP contribution is -2.03. The van der Waals surface area contributed by atoms with E-state index in [0.717, 1.165) is 19.4 Å². The minimum Gasteiger partial charge on any atom is -0.361 e. The van der Waals surface area contributed by atoms with E-state index >= 15 is 0 Å². The van der Waals surface area contributed by atoms with Crippen molar-refractivity contribution < 1.29 is 22.9 Å². The van der Waals surface area contributed by atoms with E-state index in [9.17, 15) is 18.1 Å². The molecule has 1 aromatic heterocycles. The van der Waals surface area contributed by atoms with Gasteiger partial charge in [0.25, 0.3) is 4.92 Å². The van der Waals surface area contributed by atoms with Gasteiger partial charge >= 0.3 is 11.9 Å². The summed E-state index contributed by atoms with van der Waals surface area (Å²) in [7, 11) is 1.14. The molecule has 0 saturated carbocycles. The van der Waals surface area contributed by atoms with Crippen LogP contribution in [0.5, 0.6) is 0 Å². The maximum atomic E-state index is 12.6. The first-order valence-electron chi connectivity index (χ1n) is 4.63. The van der Waals surface area contributed by atoms with Crippen molar-refractivity contribution >= 4 is 16.6 Å². The highest BCUT2D eigenvalue weighted by Crippen LogP contribution is 2.36. The third kappa shape index (κ3) is 1.95. The summed E-state index contributed by atoms with van der Waals surface area (Å²) in [5.41, 5.74) is -0.491. The van der Waals surface area contributed by atoms with Crippen molar-refractivity contribution in [2.24, 2.45) is 0 Å². The fraction of sp³-hybridized carbons (Fsp3) is 0.200. The van der Waals surface area contributed by atoms with Crippen LogP contribution in [0.1, 0.15) is 5.56 Å². The van der Waals surface area contributed by atoms with Gasteiger partial charge in [0.15, 0.2) is 7.11 Å². The number of hydrogen-bond acceptors (Lipinski definition) is 2. The molecule has 0 bridgehead atoms. The molecule has 0 radical (unpaired) electrons. The number of hydrogen-bond donors (Lipinski definition) is 1. The normalized spacial score (nSPS) is 11.8. The van der Waals surface area contributed by atoms with E-state index in [1.165, 1.54) is 12.1 Å². The second-order valence-electron chi connectivity index (χ2n) is 3.37. The third-order valence-corrected chi connectivity index (χ3v) is 2.35. The van der Waals surface area contributed by atoms with Crippen molar-refractivity contribution in [2.45, 2.75) is 6.18 Å². The summed E-state index contributed by atoms with van der Waals surface area (Å²) in [5.74, 6) is 0. The zero-order chi connectivity index (χ0) is 12.6. The predicted octanol–water partition coefficient (Wildman–Crippen LogP) is 3.16. The lowest BCUT2D eigenvalue weighted by Gasteiger charge is -2.03. The molecule has 0 aliphatic heterocycles. The highest BCUT2D eigenvalue weighted by Gasteiger charge is 2.34. The Hall–Kier alpha value is -2.05. The van der Waals surface area contributed by atoms with Gasteiger partial charge < -0.3 is 4.98 Å². The maximum absolute atomic E-state index is 12.6. The van der Waals surface area contributed by atoms with E-state index in [0.29, 0.717) is 5.52 Å². The minimum atomic E-state index is -4.46. The van der Waals surface area contributed by atoms with E-state index in [2.05, 4.69) is 9.82 Å². The molecule has 2 aromatic rings. The highest BCUT2D eigenvalue weighted by atomic mass is 19.4. The van der Waals surface area contributed by atoms with Crippen LogP contribution in [0, 0.1) is 4.91 Å². The number of halogens is 3. The van der Waals surface area contributed by atoms with Gasteiger partial charge in [-0.2, -0.15) is 13.2 Å². The van der Waals surface area contributed by atoms with Gasteiger partial charge in [-0.25, -0.2) is 4.84 Å². The zero-order valence-electron chi connectivity index (χ0n) is 8.71. The van der Waals surface area contributed by atoms with Crippen LogP contribution in [-0.4, -0.2) is 17.0 Å². The van der Waals surface area contributed by atoms with Crippen LogP contribution in [0.4, 0.5) is 18.9 Å². The van der Waals surface area contributed by atoms with E-state index < -0.39 is 11.7 Å². The lowest BCUT2D eigenvalue weighted by molar-refractivity contribution is -0.736. The van der Waals surface area contributed by atoms with Gasteiger partial charge in [-0.1, -0.05) is 0 Å². The molecule has 2 rings (SSSR count). The second kappa shape index (κ2) is 3.76. The Kier molecular flexibility index (Phi) is 2.53. The molecule has 0 aliphatic carbocycles. The Morgan fingerprint density at radius 2 is 2.06 bits per heavy atom. The van der Waals surface area contributed by atoms with E-state index in [1.54, 1.807) is 0 Å². The van der Waals surface area contributed by atoms with E-state index in [1.807, 2.05) is 0 Å². The monoisotopic (exact) mass is 245 g/mol. The third-order valence-electron chi connectivity index (χ3n) is 2.35. The van der Waals surface area contributed by atoms with Gasteiger partial charge in [-0.3, -0.25) is 0 Å². The number of aromatic amines is 1. The molecule has 0 amide bonds. The second-order valence-corrected chi connectivity index (χ2v) is 3.37. The summed E-state index contributed by atoms with van der Waals surface area (Å²) in [5, 5.41) is -0.0621. The summed E-state index contributed by atoms with van der Waals surface area (Å²) < 4.78 is 37.9. The van der Waals surface area contributed by atoms with Crippen molar-refractivity contribution in [2.75, 3.05) is 7.11 Å². The first kappa shape index (κ1) is 11.4. The molecule has 0 saturated heterocycles. The molecule has 7 heteroatoms. The largest absolute Gasteiger partial charge is 0.418 e. The number of rotatable bonds is 2. The SMILES string of the molecule is CO[N+](=O)c1ccc2[nH]cc(C(F)(F)F)c2c1. The molecule has 1 aromatic carbocycles. The average molecular weight is 245 g/mol. The summed E-state index contributed by atoms with van der Waals surface area (Å²) in [6, 6.07) is 3.89. The van der Waals surface area contributed by atoms with Crippen LogP contribution >= 0.6 is 0 Å². The van der Waals surface area contributed by atoms with Crippen LogP contribution in [0.15, 0.2) is 24.4 Å². The molecule has 0 spiro atoms. The fourth-order valence-electron chi connectivity index (χ4n) is 1.56. The van der Waals surface area contributed by atoms with E-state index in [-0.39, 0.29) is 16.0 Å². The molecule has 17 heavy (non-hydrogen) atoms. The number of nitrogens with one attached hydrogen (secondary N) is 1. The molecule has 0 aliphatic rings. The predicted molar refractivity (Wildman–Crippen MR) is 53.6 cm³/mol. The van der Waals surface area contributed by atoms with Crippen molar-refractivity contribution in [3.8, 4) is 0 Å². The summed E-state index contributed by atoms with van der Waals surface area (Å²) >= 11 is 0. The Labute approximate surface area is 93.5 Å². The molecular weight excluding hydrogens is 237 g/mol. The first-order chi connectivity index (χ1) is 7.93. The van der Waals surface area contributed by atoms with Crippen LogP contribution in [0.3, 0.4) is 0 Å². The zero-order valence-corrected chi connectivity index (χ0v) is 8.71. The smallest absolute Gasteiger partial charge is 0.361 e. The van der Waals surface area contributed by atoms with Gasteiger partial charge in [0.1, 0.15) is 0 Å². The number of alkyl halides is 3. The summed E-state index contributed by atoms with van der Waals surface area (Å²) in [6.07, 6.45) is -3.59. The molecule has 0 fully saturated rings. The van der Waals surface area contributed by atoms with Gasteiger partial charge in [-0.05, 0) is 6.07 Å². The molecule has 90 valence electrons. The quantitative estimate of drug-likeness (QED) is 0.826.